The molecule has 0 spiro atoms. The van der Waals surface area contributed by atoms with Crippen LogP contribution in [0.5, 0.6) is 0 Å². The van der Waals surface area contributed by atoms with Crippen LogP contribution in [0, 0.1) is 6.92 Å². The van der Waals surface area contributed by atoms with Crippen LogP contribution in [0.1, 0.15) is 41.5 Å². The summed E-state index contributed by atoms with van der Waals surface area (Å²) in [4.78, 5) is 36.7. The lowest BCUT2D eigenvalue weighted by atomic mass is 10.1. The van der Waals surface area contributed by atoms with Crippen LogP contribution in [0.25, 0.3) is 0 Å². The standard InChI is InChI=1S/C18H19NO7S2/c1-10-13(17(21)25-2)16(27-14(10)18(22)26-3)19-15(20)12-7-5-11(6-8-12)9-28(4,23)24/h5-8H,9H2,1-4H3,(H,19,20). The summed E-state index contributed by atoms with van der Waals surface area (Å²) in [6.45, 7) is 1.56. The second-order valence-electron chi connectivity index (χ2n) is 5.96. The van der Waals surface area contributed by atoms with E-state index >= 15 is 0 Å². The second kappa shape index (κ2) is 8.53. The number of rotatable bonds is 6. The maximum absolute atomic E-state index is 12.5. The van der Waals surface area contributed by atoms with Crippen LogP contribution in [0.15, 0.2) is 24.3 Å². The van der Waals surface area contributed by atoms with Crippen molar-refractivity contribution in [3.63, 3.8) is 0 Å². The zero-order chi connectivity index (χ0) is 21.1. The van der Waals surface area contributed by atoms with Crippen molar-refractivity contribution in [2.24, 2.45) is 0 Å². The average Bonchev–Trinajstić information content (AvgIpc) is 2.95. The predicted molar refractivity (Wildman–Crippen MR) is 105 cm³/mol. The number of carbonyl (C=O) groups is 3. The maximum Gasteiger partial charge on any atom is 0.348 e. The van der Waals surface area contributed by atoms with Gasteiger partial charge in [0.2, 0.25) is 0 Å². The summed E-state index contributed by atoms with van der Waals surface area (Å²) in [5.41, 5.74) is 1.24. The Hall–Kier alpha value is -2.72. The van der Waals surface area contributed by atoms with Crippen molar-refractivity contribution in [1.29, 1.82) is 0 Å². The largest absolute Gasteiger partial charge is 0.465 e. The molecule has 8 nitrogen and oxygen atoms in total. The molecule has 0 unspecified atom stereocenters. The Labute approximate surface area is 166 Å². The van der Waals surface area contributed by atoms with Crippen molar-refractivity contribution in [2.45, 2.75) is 12.7 Å². The number of methoxy groups -OCH3 is 2. The third kappa shape index (κ3) is 4.96. The predicted octanol–water partition coefficient (Wildman–Crippen LogP) is 2.43. The molecule has 150 valence electrons. The third-order valence-electron chi connectivity index (χ3n) is 3.78. The molecular weight excluding hydrogens is 406 g/mol. The van der Waals surface area contributed by atoms with Crippen LogP contribution in [-0.4, -0.2) is 46.7 Å². The molecule has 1 N–H and O–H groups in total. The molecule has 0 aliphatic heterocycles. The molecule has 2 aromatic rings. The van der Waals surface area contributed by atoms with Gasteiger partial charge in [-0.2, -0.15) is 0 Å². The van der Waals surface area contributed by atoms with E-state index in [-0.39, 0.29) is 26.8 Å². The third-order valence-corrected chi connectivity index (χ3v) is 5.82. The topological polar surface area (TPSA) is 116 Å². The van der Waals surface area contributed by atoms with Crippen LogP contribution in [0.4, 0.5) is 5.00 Å². The highest BCUT2D eigenvalue weighted by atomic mass is 32.2. The molecule has 0 fully saturated rings. The first-order chi connectivity index (χ1) is 13.1. The number of thiophene rings is 1. The van der Waals surface area contributed by atoms with Gasteiger partial charge < -0.3 is 14.8 Å². The van der Waals surface area contributed by atoms with Gasteiger partial charge in [-0.25, -0.2) is 18.0 Å². The van der Waals surface area contributed by atoms with E-state index in [0.717, 1.165) is 17.6 Å². The minimum Gasteiger partial charge on any atom is -0.465 e. The van der Waals surface area contributed by atoms with E-state index in [2.05, 4.69) is 5.32 Å². The summed E-state index contributed by atoms with van der Waals surface area (Å²) in [5, 5.41) is 2.76. The molecule has 0 saturated carbocycles. The lowest BCUT2D eigenvalue weighted by Crippen LogP contribution is -2.14. The maximum atomic E-state index is 12.5. The molecule has 0 radical (unpaired) electrons. The quantitative estimate of drug-likeness (QED) is 0.707. The Morgan fingerprint density at radius 1 is 1.04 bits per heavy atom. The Kier molecular flexibility index (Phi) is 6.57. The number of sulfone groups is 1. The summed E-state index contributed by atoms with van der Waals surface area (Å²) >= 11 is 0.910. The van der Waals surface area contributed by atoms with E-state index in [4.69, 9.17) is 9.47 Å². The molecule has 0 aliphatic rings. The van der Waals surface area contributed by atoms with Gasteiger partial charge >= 0.3 is 11.9 Å². The van der Waals surface area contributed by atoms with Crippen molar-refractivity contribution in [3.8, 4) is 0 Å². The Balaban J connectivity index is 2.32. The highest BCUT2D eigenvalue weighted by molar-refractivity contribution is 7.89. The Morgan fingerprint density at radius 2 is 1.61 bits per heavy atom. The van der Waals surface area contributed by atoms with Crippen LogP contribution in [0.2, 0.25) is 0 Å². The zero-order valence-corrected chi connectivity index (χ0v) is 17.3. The second-order valence-corrected chi connectivity index (χ2v) is 9.13. The Morgan fingerprint density at radius 3 is 2.11 bits per heavy atom. The highest BCUT2D eigenvalue weighted by Crippen LogP contribution is 2.34. The fraction of sp³-hybridized carbons (Fsp3) is 0.278. The molecule has 0 atom stereocenters. The van der Waals surface area contributed by atoms with E-state index in [1.54, 1.807) is 6.92 Å². The fourth-order valence-corrected chi connectivity index (χ4v) is 4.37. The monoisotopic (exact) mass is 425 g/mol. The van der Waals surface area contributed by atoms with Crippen LogP contribution < -0.4 is 5.32 Å². The minimum atomic E-state index is -3.18. The van der Waals surface area contributed by atoms with Crippen molar-refractivity contribution >= 4 is 44.0 Å². The molecule has 0 bridgehead atoms. The highest BCUT2D eigenvalue weighted by Gasteiger charge is 2.27. The first kappa shape index (κ1) is 21.6. The van der Waals surface area contributed by atoms with E-state index in [9.17, 15) is 22.8 Å². The zero-order valence-electron chi connectivity index (χ0n) is 15.7. The summed E-state index contributed by atoms with van der Waals surface area (Å²) in [5.74, 6) is -1.97. The summed E-state index contributed by atoms with van der Waals surface area (Å²) in [6, 6.07) is 6.04. The molecule has 1 aromatic carbocycles. The van der Waals surface area contributed by atoms with Gasteiger partial charge in [-0.3, -0.25) is 4.79 Å². The molecule has 10 heteroatoms. The number of hydrogen-bond acceptors (Lipinski definition) is 8. The van der Waals surface area contributed by atoms with Gasteiger partial charge in [0.25, 0.3) is 5.91 Å². The van der Waals surface area contributed by atoms with Crippen molar-refractivity contribution in [3.05, 3.63) is 51.4 Å². The van der Waals surface area contributed by atoms with Gasteiger partial charge in [0.1, 0.15) is 9.88 Å². The van der Waals surface area contributed by atoms with Gasteiger partial charge in [-0.05, 0) is 30.2 Å². The number of benzene rings is 1. The lowest BCUT2D eigenvalue weighted by Gasteiger charge is -2.07. The van der Waals surface area contributed by atoms with Crippen LogP contribution in [-0.2, 0) is 25.1 Å². The van der Waals surface area contributed by atoms with Crippen LogP contribution in [0.3, 0.4) is 0 Å². The van der Waals surface area contributed by atoms with Crippen LogP contribution >= 0.6 is 11.3 Å². The molecule has 1 amide bonds. The molecule has 0 aliphatic carbocycles. The first-order valence-electron chi connectivity index (χ1n) is 7.95. The number of carbonyl (C=O) groups excluding carboxylic acids is 3. The fourth-order valence-electron chi connectivity index (χ4n) is 2.47. The first-order valence-corrected chi connectivity index (χ1v) is 10.8. The van der Waals surface area contributed by atoms with E-state index < -0.39 is 27.7 Å². The summed E-state index contributed by atoms with van der Waals surface area (Å²) < 4.78 is 32.1. The van der Waals surface area contributed by atoms with E-state index in [1.807, 2.05) is 0 Å². The number of amides is 1. The average molecular weight is 425 g/mol. The number of anilines is 1. The molecule has 1 aromatic heterocycles. The number of hydrogen-bond donors (Lipinski definition) is 1. The molecule has 2 rings (SSSR count). The van der Waals surface area contributed by atoms with E-state index in [1.165, 1.54) is 38.5 Å². The minimum absolute atomic E-state index is 0.0787. The lowest BCUT2D eigenvalue weighted by molar-refractivity contribution is 0.0601. The van der Waals surface area contributed by atoms with Crippen molar-refractivity contribution < 1.29 is 32.3 Å². The SMILES string of the molecule is COC(=O)c1sc(NC(=O)c2ccc(CS(C)(=O)=O)cc2)c(C(=O)OC)c1C. The Bertz CT molecular complexity index is 1020. The van der Waals surface area contributed by atoms with Gasteiger partial charge in [0.05, 0.1) is 25.5 Å². The number of esters is 2. The van der Waals surface area contributed by atoms with Crippen molar-refractivity contribution in [1.82, 2.24) is 0 Å². The molecule has 0 saturated heterocycles. The van der Waals surface area contributed by atoms with Gasteiger partial charge in [-0.15, -0.1) is 11.3 Å². The van der Waals surface area contributed by atoms with Gasteiger partial charge in [0, 0.05) is 11.8 Å². The molecule has 1 heterocycles. The summed E-state index contributed by atoms with van der Waals surface area (Å²) in [6.07, 6.45) is 1.12. The molecule has 28 heavy (non-hydrogen) atoms. The molecular formula is C18H19NO7S2. The van der Waals surface area contributed by atoms with Crippen molar-refractivity contribution in [2.75, 3.05) is 25.8 Å². The van der Waals surface area contributed by atoms with Gasteiger partial charge in [-0.1, -0.05) is 12.1 Å². The number of ether oxygens (including phenoxy) is 2. The summed E-state index contributed by atoms with van der Waals surface area (Å²) in [7, 11) is -0.768. The normalized spacial score (nSPS) is 11.0. The van der Waals surface area contributed by atoms with Gasteiger partial charge in [0.15, 0.2) is 9.84 Å². The van der Waals surface area contributed by atoms with E-state index in [0.29, 0.717) is 11.1 Å². The smallest absolute Gasteiger partial charge is 0.348 e. The number of nitrogens with one attached hydrogen (secondary N) is 1.